The van der Waals surface area contributed by atoms with Crippen molar-refractivity contribution >= 4 is 26.1 Å². The normalized spacial score (nSPS) is 9.25. The molecule has 1 rings (SSSR count). The Bertz CT molecular complexity index is 168. The van der Waals surface area contributed by atoms with Crippen molar-refractivity contribution < 1.29 is 4.39 Å². The first-order valence-electron chi connectivity index (χ1n) is 2.26. The molecule has 0 aliphatic carbocycles. The molecule has 8 heavy (non-hydrogen) atoms. The van der Waals surface area contributed by atoms with Gasteiger partial charge in [0.1, 0.15) is 0 Å². The number of hydrogen-bond donors (Lipinski definition) is 0. The molecular weight excluding hydrogens is 210 g/mol. The summed E-state index contributed by atoms with van der Waals surface area (Å²) in [4.78, 5) is 0. The van der Waals surface area contributed by atoms with Crippen LogP contribution in [0.4, 0.5) is 4.39 Å². The second-order valence-corrected chi connectivity index (χ2v) is 3.16. The van der Waals surface area contributed by atoms with E-state index in [4.69, 9.17) is 0 Å². The molecule has 0 heterocycles. The predicted molar refractivity (Wildman–Crippen MR) is 31.8 cm³/mol. The van der Waals surface area contributed by atoms with Crippen LogP contribution in [0.25, 0.3) is 0 Å². The molecule has 0 fully saturated rings. The van der Waals surface area contributed by atoms with Gasteiger partial charge < -0.3 is 0 Å². The molecule has 1 aromatic rings. The summed E-state index contributed by atoms with van der Waals surface area (Å²) in [6.45, 7) is 0. The molecule has 0 nitrogen and oxygen atoms in total. The van der Waals surface area contributed by atoms with Crippen molar-refractivity contribution in [2.45, 2.75) is 0 Å². The molecular formula is C6H4FSn. The molecule has 0 saturated heterocycles. The van der Waals surface area contributed by atoms with Crippen molar-refractivity contribution in [3.8, 4) is 0 Å². The third-order valence-corrected chi connectivity index (χ3v) is 1.71. The van der Waals surface area contributed by atoms with Crippen molar-refractivity contribution in [3.05, 3.63) is 30.1 Å². The number of benzene rings is 1. The van der Waals surface area contributed by atoms with Crippen LogP contribution < -0.4 is 3.58 Å². The Labute approximate surface area is 60.8 Å². The quantitative estimate of drug-likeness (QED) is 0.555. The van der Waals surface area contributed by atoms with E-state index < -0.39 is 0 Å². The Balaban J connectivity index is 3.08. The van der Waals surface area contributed by atoms with Gasteiger partial charge in [-0.3, -0.25) is 0 Å². The van der Waals surface area contributed by atoms with Gasteiger partial charge in [-0.15, -0.1) is 0 Å². The molecule has 0 atom stereocenters. The average molecular weight is 214 g/mol. The van der Waals surface area contributed by atoms with Crippen LogP contribution in [0.3, 0.4) is 0 Å². The van der Waals surface area contributed by atoms with E-state index in [1.54, 1.807) is 12.1 Å². The summed E-state index contributed by atoms with van der Waals surface area (Å²) in [7, 11) is 0. The monoisotopic (exact) mass is 215 g/mol. The number of hydrogen-bond acceptors (Lipinski definition) is 0. The first-order valence-corrected chi connectivity index (χ1v) is 3.69. The van der Waals surface area contributed by atoms with E-state index in [0.717, 1.165) is 3.58 Å². The standard InChI is InChI=1S/C6H4F.Sn/c7-6-4-2-1-3-5-6;/h1-2,4-5H;. The second-order valence-electron chi connectivity index (χ2n) is 1.51. The summed E-state index contributed by atoms with van der Waals surface area (Å²) < 4.78 is 13.2. The van der Waals surface area contributed by atoms with E-state index in [0.29, 0.717) is 0 Å². The zero-order valence-electron chi connectivity index (χ0n) is 4.19. The van der Waals surface area contributed by atoms with E-state index >= 15 is 0 Å². The molecule has 0 N–H and O–H groups in total. The van der Waals surface area contributed by atoms with Gasteiger partial charge in [0.15, 0.2) is 0 Å². The second kappa shape index (κ2) is 2.48. The van der Waals surface area contributed by atoms with Crippen molar-refractivity contribution in [2.75, 3.05) is 0 Å². The maximum atomic E-state index is 12.2. The molecule has 0 amide bonds. The fraction of sp³-hybridized carbons (Fsp3) is 0. The summed E-state index contributed by atoms with van der Waals surface area (Å²) in [6.07, 6.45) is 0. The van der Waals surface area contributed by atoms with Crippen LogP contribution in [-0.4, -0.2) is 22.5 Å². The first-order chi connectivity index (χ1) is 3.79. The zero-order chi connectivity index (χ0) is 5.98. The molecule has 39 valence electrons. The molecule has 0 aliphatic rings. The third-order valence-electron chi connectivity index (χ3n) is 0.825. The van der Waals surface area contributed by atoms with Gasteiger partial charge in [0.2, 0.25) is 0 Å². The number of rotatable bonds is 0. The van der Waals surface area contributed by atoms with E-state index in [1.165, 1.54) is 28.6 Å². The van der Waals surface area contributed by atoms with Gasteiger partial charge in [-0.05, 0) is 0 Å². The van der Waals surface area contributed by atoms with E-state index in [2.05, 4.69) is 0 Å². The van der Waals surface area contributed by atoms with Crippen LogP contribution in [-0.2, 0) is 0 Å². The molecule has 2 heteroatoms. The first kappa shape index (κ1) is 6.07. The van der Waals surface area contributed by atoms with Gasteiger partial charge in [-0.1, -0.05) is 0 Å². The van der Waals surface area contributed by atoms with Crippen molar-refractivity contribution in [2.24, 2.45) is 0 Å². The summed E-state index contributed by atoms with van der Waals surface area (Å²) >= 11 is 1.26. The SMILES string of the molecule is Fc1ccc[c]([Sn])c1. The van der Waals surface area contributed by atoms with E-state index in [1.807, 2.05) is 6.07 Å². The van der Waals surface area contributed by atoms with Crippen LogP contribution in [0.1, 0.15) is 0 Å². The van der Waals surface area contributed by atoms with Gasteiger partial charge in [0, 0.05) is 0 Å². The molecule has 3 radical (unpaired) electrons. The fourth-order valence-corrected chi connectivity index (χ4v) is 1.16. The Kier molecular flexibility index (Phi) is 1.89. The van der Waals surface area contributed by atoms with Crippen LogP contribution in [0.5, 0.6) is 0 Å². The molecule has 0 bridgehead atoms. The minimum absolute atomic E-state index is 0.140. The summed E-state index contributed by atoms with van der Waals surface area (Å²) in [5, 5.41) is 0. The Hall–Kier alpha value is -0.0513. The summed E-state index contributed by atoms with van der Waals surface area (Å²) in [5.74, 6) is -0.140. The van der Waals surface area contributed by atoms with E-state index in [9.17, 15) is 4.39 Å². The predicted octanol–water partition coefficient (Wildman–Crippen LogP) is 0.620. The number of halogens is 1. The van der Waals surface area contributed by atoms with Gasteiger partial charge in [0.25, 0.3) is 0 Å². The van der Waals surface area contributed by atoms with Crippen molar-refractivity contribution in [1.29, 1.82) is 0 Å². The Morgan fingerprint density at radius 2 is 2.12 bits per heavy atom. The van der Waals surface area contributed by atoms with Crippen LogP contribution in [0.2, 0.25) is 0 Å². The summed E-state index contributed by atoms with van der Waals surface area (Å²) in [5.41, 5.74) is 0. The van der Waals surface area contributed by atoms with Crippen molar-refractivity contribution in [1.82, 2.24) is 0 Å². The van der Waals surface area contributed by atoms with Gasteiger partial charge in [-0.25, -0.2) is 0 Å². The third kappa shape index (κ3) is 1.47. The molecule has 0 saturated carbocycles. The molecule has 0 aliphatic heterocycles. The molecule has 0 aromatic heterocycles. The van der Waals surface area contributed by atoms with Gasteiger partial charge in [-0.2, -0.15) is 0 Å². The van der Waals surface area contributed by atoms with Gasteiger partial charge in [0.05, 0.1) is 0 Å². The van der Waals surface area contributed by atoms with Gasteiger partial charge >= 0.3 is 60.6 Å². The van der Waals surface area contributed by atoms with Crippen molar-refractivity contribution in [3.63, 3.8) is 0 Å². The topological polar surface area (TPSA) is 0 Å². The minimum atomic E-state index is -0.140. The molecule has 0 spiro atoms. The fourth-order valence-electron chi connectivity index (χ4n) is 0.488. The van der Waals surface area contributed by atoms with E-state index in [-0.39, 0.29) is 5.82 Å². The maximum absolute atomic E-state index is 12.2. The Morgan fingerprint density at radius 1 is 1.38 bits per heavy atom. The molecule has 1 aromatic carbocycles. The Morgan fingerprint density at radius 3 is 2.50 bits per heavy atom. The summed E-state index contributed by atoms with van der Waals surface area (Å²) in [6, 6.07) is 6.62. The van der Waals surface area contributed by atoms with Crippen LogP contribution in [0, 0.1) is 5.82 Å². The zero-order valence-corrected chi connectivity index (χ0v) is 7.04. The van der Waals surface area contributed by atoms with Crippen LogP contribution >= 0.6 is 0 Å². The molecule has 0 unspecified atom stereocenters. The average Bonchev–Trinajstić information content (AvgIpc) is 1.64. The van der Waals surface area contributed by atoms with Crippen LogP contribution in [0.15, 0.2) is 24.3 Å².